The second-order valence-corrected chi connectivity index (χ2v) is 6.97. The summed E-state index contributed by atoms with van der Waals surface area (Å²) in [5.41, 5.74) is 1.71. The molecule has 0 bridgehead atoms. The van der Waals surface area contributed by atoms with Crippen molar-refractivity contribution in [2.75, 3.05) is 44.4 Å². The highest BCUT2D eigenvalue weighted by atomic mass is 16.5. The third-order valence-electron chi connectivity index (χ3n) is 5.17. The molecular formula is C19H20N6O4. The predicted octanol–water partition coefficient (Wildman–Crippen LogP) is 0.431. The van der Waals surface area contributed by atoms with Crippen LogP contribution in [0, 0.1) is 0 Å². The quantitative estimate of drug-likeness (QED) is 0.620. The van der Waals surface area contributed by atoms with Crippen LogP contribution in [0.25, 0.3) is 5.65 Å². The number of fused-ring (bicyclic) bond motifs is 2. The molecule has 1 fully saturated rings. The number of ether oxygens (including phenoxy) is 2. The van der Waals surface area contributed by atoms with Gasteiger partial charge in [0.25, 0.3) is 5.91 Å². The monoisotopic (exact) mass is 396 g/mol. The first kappa shape index (κ1) is 17.7. The minimum absolute atomic E-state index is 0.0707. The van der Waals surface area contributed by atoms with E-state index in [4.69, 9.17) is 9.47 Å². The Balaban J connectivity index is 1.48. The number of hydrogen-bond donors (Lipinski definition) is 0. The first-order valence-corrected chi connectivity index (χ1v) is 9.44. The van der Waals surface area contributed by atoms with Gasteiger partial charge in [-0.1, -0.05) is 0 Å². The van der Waals surface area contributed by atoms with E-state index in [1.54, 1.807) is 30.4 Å². The average molecular weight is 396 g/mol. The summed E-state index contributed by atoms with van der Waals surface area (Å²) in [7, 11) is 1.62. The van der Waals surface area contributed by atoms with E-state index in [0.717, 1.165) is 5.69 Å². The van der Waals surface area contributed by atoms with Crippen molar-refractivity contribution in [1.82, 2.24) is 24.1 Å². The molecule has 0 aromatic carbocycles. The summed E-state index contributed by atoms with van der Waals surface area (Å²) in [4.78, 5) is 33.0. The smallest absolute Gasteiger partial charge is 0.350 e. The summed E-state index contributed by atoms with van der Waals surface area (Å²) in [5.74, 6) is 1.13. The zero-order valence-electron chi connectivity index (χ0n) is 15.9. The Morgan fingerprint density at radius 3 is 2.79 bits per heavy atom. The molecule has 0 atom stereocenters. The van der Waals surface area contributed by atoms with Crippen molar-refractivity contribution < 1.29 is 14.3 Å². The largest absolute Gasteiger partial charge is 0.488 e. The fraction of sp³-hybridized carbons (Fsp3) is 0.368. The molecule has 0 radical (unpaired) electrons. The van der Waals surface area contributed by atoms with Crippen molar-refractivity contribution in [2.45, 2.75) is 0 Å². The van der Waals surface area contributed by atoms with Gasteiger partial charge < -0.3 is 19.3 Å². The van der Waals surface area contributed by atoms with Crippen LogP contribution in [0.5, 0.6) is 5.75 Å². The van der Waals surface area contributed by atoms with Gasteiger partial charge in [-0.2, -0.15) is 5.10 Å². The molecule has 5 rings (SSSR count). The van der Waals surface area contributed by atoms with Gasteiger partial charge in [-0.25, -0.2) is 14.5 Å². The lowest BCUT2D eigenvalue weighted by Crippen LogP contribution is -2.40. The Morgan fingerprint density at radius 1 is 1.14 bits per heavy atom. The van der Waals surface area contributed by atoms with E-state index in [9.17, 15) is 9.59 Å². The highest BCUT2D eigenvalue weighted by molar-refractivity contribution is 5.95. The second-order valence-electron chi connectivity index (χ2n) is 6.97. The number of hydrogen-bond acceptors (Lipinski definition) is 7. The van der Waals surface area contributed by atoms with Gasteiger partial charge in [0.05, 0.1) is 25.3 Å². The van der Waals surface area contributed by atoms with Crippen molar-refractivity contribution >= 4 is 23.1 Å². The third-order valence-corrected chi connectivity index (χ3v) is 5.17. The lowest BCUT2D eigenvalue weighted by Gasteiger charge is -2.31. The van der Waals surface area contributed by atoms with E-state index in [1.807, 2.05) is 17.0 Å². The zero-order valence-corrected chi connectivity index (χ0v) is 15.9. The van der Waals surface area contributed by atoms with Crippen LogP contribution < -0.4 is 15.3 Å². The van der Waals surface area contributed by atoms with Crippen LogP contribution in [0.15, 0.2) is 35.4 Å². The lowest BCUT2D eigenvalue weighted by molar-refractivity contribution is 0.0302. The van der Waals surface area contributed by atoms with Crippen LogP contribution in [0.4, 0.5) is 11.5 Å². The van der Waals surface area contributed by atoms with Crippen LogP contribution in [0.3, 0.4) is 0 Å². The molecule has 0 saturated carbocycles. The fourth-order valence-electron chi connectivity index (χ4n) is 3.65. The first-order valence-electron chi connectivity index (χ1n) is 9.44. The molecule has 10 nitrogen and oxygen atoms in total. The summed E-state index contributed by atoms with van der Waals surface area (Å²) >= 11 is 0. The molecule has 0 spiro atoms. The number of morpholine rings is 1. The van der Waals surface area contributed by atoms with Crippen LogP contribution in [0.1, 0.15) is 10.4 Å². The molecule has 2 aliphatic heterocycles. The number of aryl methyl sites for hydroxylation is 1. The molecule has 10 heteroatoms. The summed E-state index contributed by atoms with van der Waals surface area (Å²) in [6.07, 6.45) is 3.29. The Morgan fingerprint density at radius 2 is 1.97 bits per heavy atom. The van der Waals surface area contributed by atoms with Crippen LogP contribution >= 0.6 is 0 Å². The summed E-state index contributed by atoms with van der Waals surface area (Å²) < 4.78 is 13.9. The highest BCUT2D eigenvalue weighted by Gasteiger charge is 2.25. The highest BCUT2D eigenvalue weighted by Crippen LogP contribution is 2.35. The topological polar surface area (TPSA) is 94.2 Å². The molecule has 1 amide bonds. The number of carbonyl (C=O) groups is 1. The van der Waals surface area contributed by atoms with Crippen molar-refractivity contribution in [3.63, 3.8) is 0 Å². The number of pyridine rings is 2. The van der Waals surface area contributed by atoms with E-state index in [2.05, 4.69) is 10.1 Å². The van der Waals surface area contributed by atoms with Gasteiger partial charge in [0, 0.05) is 44.3 Å². The fourth-order valence-corrected chi connectivity index (χ4v) is 3.65. The van der Waals surface area contributed by atoms with E-state index < -0.39 is 0 Å². The molecule has 3 aromatic rings. The molecule has 29 heavy (non-hydrogen) atoms. The molecular weight excluding hydrogens is 376 g/mol. The van der Waals surface area contributed by atoms with Gasteiger partial charge in [0.2, 0.25) is 0 Å². The molecule has 150 valence electrons. The van der Waals surface area contributed by atoms with Crippen molar-refractivity contribution in [2.24, 2.45) is 7.05 Å². The number of carbonyl (C=O) groups excluding carboxylic acids is 1. The standard InChI is InChI=1S/C19H20N6O4/c1-22-19(27)25-3-2-14(11-16(25)21-22)24-6-9-29-15-10-13(12-20-17(15)24)18(26)23-4-7-28-8-5-23/h2-3,10-12H,4-9H2,1H3. The van der Waals surface area contributed by atoms with Gasteiger partial charge >= 0.3 is 5.69 Å². The molecule has 1 saturated heterocycles. The third kappa shape index (κ3) is 3.01. The Kier molecular flexibility index (Phi) is 4.20. The summed E-state index contributed by atoms with van der Waals surface area (Å²) in [6, 6.07) is 5.43. The molecule has 0 unspecified atom stereocenters. The predicted molar refractivity (Wildman–Crippen MR) is 104 cm³/mol. The van der Waals surface area contributed by atoms with Crippen LogP contribution in [-0.4, -0.2) is 69.4 Å². The Hall–Kier alpha value is -3.40. The van der Waals surface area contributed by atoms with Gasteiger partial charge in [0.1, 0.15) is 6.61 Å². The maximum atomic E-state index is 12.7. The number of rotatable bonds is 2. The van der Waals surface area contributed by atoms with Crippen LogP contribution in [-0.2, 0) is 11.8 Å². The molecule has 2 aliphatic rings. The minimum Gasteiger partial charge on any atom is -0.488 e. The van der Waals surface area contributed by atoms with Crippen molar-refractivity contribution in [3.05, 3.63) is 46.6 Å². The minimum atomic E-state index is -0.196. The lowest BCUT2D eigenvalue weighted by atomic mass is 10.2. The SMILES string of the molecule is Cn1nc2cc(N3CCOc4cc(C(=O)N5CCOCC5)cnc43)ccn2c1=O. The Bertz CT molecular complexity index is 1150. The van der Waals surface area contributed by atoms with Gasteiger partial charge in [-0.15, -0.1) is 0 Å². The average Bonchev–Trinajstić information content (AvgIpc) is 3.06. The first-order chi connectivity index (χ1) is 14.1. The normalized spacial score (nSPS) is 16.6. The van der Waals surface area contributed by atoms with E-state index in [1.165, 1.54) is 9.08 Å². The van der Waals surface area contributed by atoms with E-state index in [-0.39, 0.29) is 11.6 Å². The number of nitrogens with zero attached hydrogens (tertiary/aromatic N) is 6. The van der Waals surface area contributed by atoms with Crippen molar-refractivity contribution in [1.29, 1.82) is 0 Å². The Labute approximate surface area is 165 Å². The molecule has 5 heterocycles. The number of anilines is 2. The maximum Gasteiger partial charge on any atom is 0.350 e. The van der Waals surface area contributed by atoms with E-state index >= 15 is 0 Å². The van der Waals surface area contributed by atoms with Gasteiger partial charge in [-0.05, 0) is 12.1 Å². The van der Waals surface area contributed by atoms with Crippen molar-refractivity contribution in [3.8, 4) is 5.75 Å². The van der Waals surface area contributed by atoms with Crippen LogP contribution in [0.2, 0.25) is 0 Å². The summed E-state index contributed by atoms with van der Waals surface area (Å²) in [6.45, 7) is 3.31. The van der Waals surface area contributed by atoms with E-state index in [0.29, 0.717) is 62.2 Å². The molecule has 0 aliphatic carbocycles. The maximum absolute atomic E-state index is 12.7. The molecule has 3 aromatic heterocycles. The number of amides is 1. The van der Waals surface area contributed by atoms with Gasteiger partial charge in [0.15, 0.2) is 17.2 Å². The molecule has 0 N–H and O–H groups in total. The zero-order chi connectivity index (χ0) is 20.0. The summed E-state index contributed by atoms with van der Waals surface area (Å²) in [5, 5.41) is 4.24. The van der Waals surface area contributed by atoms with Gasteiger partial charge in [-0.3, -0.25) is 9.20 Å². The number of aromatic nitrogens is 4. The second kappa shape index (κ2) is 6.89.